The lowest BCUT2D eigenvalue weighted by atomic mass is 9.87. The maximum atomic E-state index is 13.5. The van der Waals surface area contributed by atoms with Crippen molar-refractivity contribution >= 4 is 22.7 Å². The van der Waals surface area contributed by atoms with Crippen LogP contribution in [0.25, 0.3) is 0 Å². The van der Waals surface area contributed by atoms with Crippen molar-refractivity contribution in [3.8, 4) is 6.07 Å². The lowest BCUT2D eigenvalue weighted by Gasteiger charge is -2.36. The molecule has 0 fully saturated rings. The lowest BCUT2D eigenvalue weighted by Crippen LogP contribution is -2.35. The molecule has 3 aromatic rings. The third kappa shape index (κ3) is 4.51. The standard InChI is InChI=1S/C25H22N2OS2/c1-19-12-14-23(15-13-19)30(28)27-18-21(17-26)24(20-8-4-2-5-9-20)16-25(27)29-22-10-6-3-7-11-22/h2-15,18,24-25H,16H2,1H3/t24-,25-,30+/m1/s1. The van der Waals surface area contributed by atoms with Crippen molar-refractivity contribution in [2.75, 3.05) is 0 Å². The maximum absolute atomic E-state index is 13.5. The molecule has 3 atom stereocenters. The topological polar surface area (TPSA) is 44.1 Å². The van der Waals surface area contributed by atoms with Gasteiger partial charge in [-0.3, -0.25) is 4.31 Å². The zero-order chi connectivity index (χ0) is 20.9. The third-order valence-electron chi connectivity index (χ3n) is 5.12. The summed E-state index contributed by atoms with van der Waals surface area (Å²) in [6.07, 6.45) is 2.51. The van der Waals surface area contributed by atoms with Crippen molar-refractivity contribution in [3.05, 3.63) is 108 Å². The minimum Gasteiger partial charge on any atom is -0.280 e. The minimum absolute atomic E-state index is 0.0105. The molecular weight excluding hydrogens is 408 g/mol. The van der Waals surface area contributed by atoms with E-state index in [1.807, 2.05) is 71.9 Å². The van der Waals surface area contributed by atoms with E-state index in [4.69, 9.17) is 0 Å². The summed E-state index contributed by atoms with van der Waals surface area (Å²) in [4.78, 5) is 1.86. The molecule has 0 radical (unpaired) electrons. The lowest BCUT2D eigenvalue weighted by molar-refractivity contribution is 0.457. The molecule has 3 nitrogen and oxygen atoms in total. The van der Waals surface area contributed by atoms with Gasteiger partial charge in [-0.15, -0.1) is 11.8 Å². The van der Waals surface area contributed by atoms with Crippen LogP contribution in [-0.2, 0) is 11.0 Å². The summed E-state index contributed by atoms with van der Waals surface area (Å²) in [6.45, 7) is 2.01. The van der Waals surface area contributed by atoms with Gasteiger partial charge in [-0.2, -0.15) is 5.26 Å². The highest BCUT2D eigenvalue weighted by Crippen LogP contribution is 2.42. The van der Waals surface area contributed by atoms with Gasteiger partial charge in [0.05, 0.1) is 21.9 Å². The van der Waals surface area contributed by atoms with E-state index in [1.54, 1.807) is 18.0 Å². The predicted molar refractivity (Wildman–Crippen MR) is 123 cm³/mol. The van der Waals surface area contributed by atoms with E-state index < -0.39 is 11.0 Å². The van der Waals surface area contributed by atoms with Gasteiger partial charge in [-0.25, -0.2) is 4.21 Å². The Morgan fingerprint density at radius 3 is 2.23 bits per heavy atom. The summed E-state index contributed by atoms with van der Waals surface area (Å²) in [7, 11) is -1.39. The maximum Gasteiger partial charge on any atom is 0.153 e. The second-order valence-electron chi connectivity index (χ2n) is 7.20. The molecule has 1 aliphatic heterocycles. The Balaban J connectivity index is 1.73. The van der Waals surface area contributed by atoms with Gasteiger partial charge in [-0.1, -0.05) is 66.2 Å². The number of rotatable bonds is 5. The van der Waals surface area contributed by atoms with Crippen LogP contribution in [0, 0.1) is 18.3 Å². The van der Waals surface area contributed by atoms with Gasteiger partial charge in [0.15, 0.2) is 11.0 Å². The molecule has 1 heterocycles. The molecule has 150 valence electrons. The molecule has 0 unspecified atom stereocenters. The molecule has 1 aliphatic rings. The van der Waals surface area contributed by atoms with Gasteiger partial charge in [0.25, 0.3) is 0 Å². The largest absolute Gasteiger partial charge is 0.280 e. The van der Waals surface area contributed by atoms with Crippen LogP contribution in [0.3, 0.4) is 0 Å². The summed E-state index contributed by atoms with van der Waals surface area (Å²) < 4.78 is 15.3. The van der Waals surface area contributed by atoms with Gasteiger partial charge in [0.2, 0.25) is 0 Å². The fraction of sp³-hybridized carbons (Fsp3) is 0.160. The molecule has 5 heteroatoms. The van der Waals surface area contributed by atoms with Crippen molar-refractivity contribution in [2.45, 2.75) is 34.4 Å². The second-order valence-corrected chi connectivity index (χ2v) is 9.85. The summed E-state index contributed by atoms with van der Waals surface area (Å²) in [5.74, 6) is -0.0105. The number of thioether (sulfide) groups is 1. The molecule has 0 amide bonds. The highest BCUT2D eigenvalue weighted by molar-refractivity contribution is 8.00. The van der Waals surface area contributed by atoms with E-state index in [-0.39, 0.29) is 11.3 Å². The van der Waals surface area contributed by atoms with Crippen LogP contribution in [0.15, 0.2) is 106 Å². The van der Waals surface area contributed by atoms with E-state index in [1.165, 1.54) is 0 Å². The fourth-order valence-corrected chi connectivity index (χ4v) is 6.10. The Hall–Kier alpha value is -2.81. The van der Waals surface area contributed by atoms with Crippen LogP contribution in [0.5, 0.6) is 0 Å². The molecule has 0 saturated heterocycles. The smallest absolute Gasteiger partial charge is 0.153 e. The predicted octanol–water partition coefficient (Wildman–Crippen LogP) is 6.03. The number of nitrogens with zero attached hydrogens (tertiary/aromatic N) is 2. The molecule has 30 heavy (non-hydrogen) atoms. The van der Waals surface area contributed by atoms with Crippen LogP contribution in [0.1, 0.15) is 23.5 Å². The summed E-state index contributed by atoms with van der Waals surface area (Å²) in [5.41, 5.74) is 2.89. The molecule has 3 aromatic carbocycles. The number of aryl methyl sites for hydroxylation is 1. The van der Waals surface area contributed by atoms with Crippen molar-refractivity contribution in [2.24, 2.45) is 0 Å². The zero-order valence-corrected chi connectivity index (χ0v) is 18.3. The van der Waals surface area contributed by atoms with Crippen molar-refractivity contribution in [3.63, 3.8) is 0 Å². The molecule has 4 rings (SSSR count). The fourth-order valence-electron chi connectivity index (χ4n) is 3.54. The van der Waals surface area contributed by atoms with E-state index in [0.717, 1.165) is 20.9 Å². The van der Waals surface area contributed by atoms with Crippen LogP contribution < -0.4 is 0 Å². The number of benzene rings is 3. The van der Waals surface area contributed by atoms with Crippen molar-refractivity contribution in [1.82, 2.24) is 4.31 Å². The molecule has 0 saturated carbocycles. The number of hydrogen-bond acceptors (Lipinski definition) is 3. The molecule has 0 aromatic heterocycles. The average Bonchev–Trinajstić information content (AvgIpc) is 2.80. The van der Waals surface area contributed by atoms with E-state index in [0.29, 0.717) is 12.0 Å². The molecular formula is C25H22N2OS2. The van der Waals surface area contributed by atoms with Crippen molar-refractivity contribution < 1.29 is 4.21 Å². The van der Waals surface area contributed by atoms with Crippen LogP contribution in [0.2, 0.25) is 0 Å². The highest BCUT2D eigenvalue weighted by atomic mass is 32.2. The van der Waals surface area contributed by atoms with Crippen LogP contribution in [-0.4, -0.2) is 13.9 Å². The van der Waals surface area contributed by atoms with E-state index >= 15 is 0 Å². The minimum atomic E-state index is -1.39. The normalized spacial score (nSPS) is 19.6. The number of allylic oxidation sites excluding steroid dienone is 1. The quantitative estimate of drug-likeness (QED) is 0.496. The third-order valence-corrected chi connectivity index (χ3v) is 7.91. The Morgan fingerprint density at radius 2 is 1.60 bits per heavy atom. The average molecular weight is 431 g/mol. The first-order valence-electron chi connectivity index (χ1n) is 9.81. The van der Waals surface area contributed by atoms with E-state index in [2.05, 4.69) is 30.3 Å². The molecule has 0 aliphatic carbocycles. The molecule has 0 bridgehead atoms. The van der Waals surface area contributed by atoms with Gasteiger partial charge in [0, 0.05) is 17.0 Å². The van der Waals surface area contributed by atoms with Gasteiger partial charge < -0.3 is 0 Å². The monoisotopic (exact) mass is 430 g/mol. The summed E-state index contributed by atoms with van der Waals surface area (Å²) in [6, 6.07) is 30.4. The Morgan fingerprint density at radius 1 is 0.967 bits per heavy atom. The van der Waals surface area contributed by atoms with E-state index in [9.17, 15) is 9.47 Å². The van der Waals surface area contributed by atoms with Crippen LogP contribution >= 0.6 is 11.8 Å². The van der Waals surface area contributed by atoms with Crippen LogP contribution in [0.4, 0.5) is 0 Å². The Kier molecular flexibility index (Phi) is 6.37. The summed E-state index contributed by atoms with van der Waals surface area (Å²) >= 11 is 1.69. The molecule has 0 N–H and O–H groups in total. The Labute approximate surface area is 184 Å². The SMILES string of the molecule is Cc1ccc([S@](=O)N2C=C(C#N)[C@@H](c3ccccc3)C[C@H]2Sc2ccccc2)cc1. The first-order chi connectivity index (χ1) is 14.7. The first-order valence-corrected chi connectivity index (χ1v) is 11.8. The first kappa shape index (κ1) is 20.5. The number of hydrogen-bond donors (Lipinski definition) is 0. The van der Waals surface area contributed by atoms with Gasteiger partial charge in [0.1, 0.15) is 0 Å². The summed E-state index contributed by atoms with van der Waals surface area (Å²) in [5, 5.41) is 9.80. The second kappa shape index (κ2) is 9.34. The zero-order valence-electron chi connectivity index (χ0n) is 16.6. The number of nitriles is 1. The van der Waals surface area contributed by atoms with Gasteiger partial charge >= 0.3 is 0 Å². The Bertz CT molecular complexity index is 1090. The molecule has 0 spiro atoms. The van der Waals surface area contributed by atoms with Gasteiger partial charge in [-0.05, 0) is 43.2 Å². The van der Waals surface area contributed by atoms with Crippen molar-refractivity contribution in [1.29, 1.82) is 5.26 Å². The highest BCUT2D eigenvalue weighted by Gasteiger charge is 2.34.